The van der Waals surface area contributed by atoms with Crippen LogP contribution in [0.5, 0.6) is 0 Å². The van der Waals surface area contributed by atoms with Gasteiger partial charge in [-0.05, 0) is 39.7 Å². The van der Waals surface area contributed by atoms with Gasteiger partial charge in [-0.15, -0.1) is 11.3 Å². The van der Waals surface area contributed by atoms with Crippen LogP contribution in [0.4, 0.5) is 5.69 Å². The van der Waals surface area contributed by atoms with Crippen LogP contribution in [-0.2, 0) is 17.8 Å². The van der Waals surface area contributed by atoms with Crippen molar-refractivity contribution in [2.45, 2.75) is 13.0 Å². The molecule has 2 heterocycles. The van der Waals surface area contributed by atoms with Crippen molar-refractivity contribution < 1.29 is 9.59 Å². The molecule has 0 spiro atoms. The smallest absolute Gasteiger partial charge is 0.253 e. The molecule has 0 saturated heterocycles. The molecule has 1 aliphatic heterocycles. The number of nitrogens with zero attached hydrogens (tertiary/aromatic N) is 1. The second kappa shape index (κ2) is 5.61. The van der Waals surface area contributed by atoms with Gasteiger partial charge in [0.15, 0.2) is 0 Å². The number of hydrogen-bond donors (Lipinski definition) is 1. The van der Waals surface area contributed by atoms with Crippen LogP contribution in [0.1, 0.15) is 20.8 Å². The Morgan fingerprint density at radius 3 is 2.95 bits per heavy atom. The van der Waals surface area contributed by atoms with E-state index in [-0.39, 0.29) is 11.8 Å². The fourth-order valence-corrected chi connectivity index (χ4v) is 3.81. The molecule has 21 heavy (non-hydrogen) atoms. The summed E-state index contributed by atoms with van der Waals surface area (Å²) >= 11 is 5.02. The molecule has 0 radical (unpaired) electrons. The normalized spacial score (nSPS) is 13.0. The molecule has 6 heteroatoms. The van der Waals surface area contributed by atoms with Crippen molar-refractivity contribution in [3.05, 3.63) is 50.1 Å². The van der Waals surface area contributed by atoms with E-state index in [2.05, 4.69) is 21.2 Å². The van der Waals surface area contributed by atoms with E-state index in [4.69, 9.17) is 0 Å². The Kier molecular flexibility index (Phi) is 3.82. The first-order chi connectivity index (χ1) is 10.0. The molecular weight excluding hydrogens is 352 g/mol. The van der Waals surface area contributed by atoms with Crippen LogP contribution >= 0.6 is 27.3 Å². The minimum atomic E-state index is -0.0523. The monoisotopic (exact) mass is 364 g/mol. The molecule has 0 aliphatic carbocycles. The molecule has 0 fully saturated rings. The number of rotatable bonds is 3. The zero-order chi connectivity index (χ0) is 15.0. The highest BCUT2D eigenvalue weighted by molar-refractivity contribution is 9.10. The van der Waals surface area contributed by atoms with Crippen molar-refractivity contribution in [2.75, 3.05) is 12.4 Å². The first kappa shape index (κ1) is 14.3. The molecule has 0 atom stereocenters. The Hall–Kier alpha value is -1.66. The van der Waals surface area contributed by atoms with E-state index >= 15 is 0 Å². The van der Waals surface area contributed by atoms with E-state index in [9.17, 15) is 9.59 Å². The van der Waals surface area contributed by atoms with Gasteiger partial charge in [-0.1, -0.05) is 6.07 Å². The summed E-state index contributed by atoms with van der Waals surface area (Å²) in [7, 11) is 1.78. The predicted octanol–water partition coefficient (Wildman–Crippen LogP) is 3.28. The molecule has 0 saturated carbocycles. The van der Waals surface area contributed by atoms with Crippen LogP contribution < -0.4 is 5.32 Å². The molecule has 0 bridgehead atoms. The van der Waals surface area contributed by atoms with Gasteiger partial charge in [-0.25, -0.2) is 0 Å². The number of anilines is 1. The SMILES string of the molecule is CN(Cc1cc(Br)cs1)C(=O)c1ccc2c(c1)NC(=O)C2. The minimum Gasteiger partial charge on any atom is -0.337 e. The Bertz CT molecular complexity index is 726. The Labute approximate surface area is 134 Å². The van der Waals surface area contributed by atoms with Crippen molar-refractivity contribution in [3.63, 3.8) is 0 Å². The van der Waals surface area contributed by atoms with Gasteiger partial charge in [0.2, 0.25) is 5.91 Å². The van der Waals surface area contributed by atoms with Crippen LogP contribution in [0.3, 0.4) is 0 Å². The van der Waals surface area contributed by atoms with Gasteiger partial charge in [0.1, 0.15) is 0 Å². The van der Waals surface area contributed by atoms with E-state index in [1.54, 1.807) is 35.4 Å². The Balaban J connectivity index is 1.76. The fraction of sp³-hybridized carbons (Fsp3) is 0.200. The Morgan fingerprint density at radius 2 is 2.24 bits per heavy atom. The largest absolute Gasteiger partial charge is 0.337 e. The lowest BCUT2D eigenvalue weighted by Gasteiger charge is -2.16. The molecule has 1 aliphatic rings. The van der Waals surface area contributed by atoms with Gasteiger partial charge in [0.05, 0.1) is 13.0 Å². The maximum Gasteiger partial charge on any atom is 0.253 e. The van der Waals surface area contributed by atoms with E-state index in [0.29, 0.717) is 18.5 Å². The molecule has 1 aromatic carbocycles. The van der Waals surface area contributed by atoms with E-state index in [0.717, 1.165) is 20.6 Å². The number of amides is 2. The summed E-state index contributed by atoms with van der Waals surface area (Å²) in [5, 5.41) is 4.77. The van der Waals surface area contributed by atoms with Crippen LogP contribution in [-0.4, -0.2) is 23.8 Å². The van der Waals surface area contributed by atoms with Crippen molar-refractivity contribution in [2.24, 2.45) is 0 Å². The van der Waals surface area contributed by atoms with Gasteiger partial charge < -0.3 is 10.2 Å². The summed E-state index contributed by atoms with van der Waals surface area (Å²) in [5.74, 6) is -0.0742. The van der Waals surface area contributed by atoms with Crippen molar-refractivity contribution in [1.82, 2.24) is 4.90 Å². The average molecular weight is 365 g/mol. The van der Waals surface area contributed by atoms with Crippen LogP contribution in [0.15, 0.2) is 34.1 Å². The van der Waals surface area contributed by atoms with Crippen molar-refractivity contribution >= 4 is 44.8 Å². The Morgan fingerprint density at radius 1 is 1.43 bits per heavy atom. The molecule has 2 amide bonds. The lowest BCUT2D eigenvalue weighted by Crippen LogP contribution is -2.25. The summed E-state index contributed by atoms with van der Waals surface area (Å²) in [6.07, 6.45) is 0.392. The average Bonchev–Trinajstić information content (AvgIpc) is 3.01. The quantitative estimate of drug-likeness (QED) is 0.908. The van der Waals surface area contributed by atoms with Crippen LogP contribution in [0, 0.1) is 0 Å². The highest BCUT2D eigenvalue weighted by atomic mass is 79.9. The van der Waals surface area contributed by atoms with Gasteiger partial charge in [-0.2, -0.15) is 0 Å². The lowest BCUT2D eigenvalue weighted by atomic mass is 10.1. The number of nitrogens with one attached hydrogen (secondary N) is 1. The zero-order valence-electron chi connectivity index (χ0n) is 11.4. The maximum absolute atomic E-state index is 12.4. The topological polar surface area (TPSA) is 49.4 Å². The third-order valence-electron chi connectivity index (χ3n) is 3.34. The minimum absolute atomic E-state index is 0.0219. The summed E-state index contributed by atoms with van der Waals surface area (Å²) in [6, 6.07) is 7.39. The molecule has 1 N–H and O–H groups in total. The van der Waals surface area contributed by atoms with Crippen molar-refractivity contribution in [1.29, 1.82) is 0 Å². The summed E-state index contributed by atoms with van der Waals surface area (Å²) in [5.41, 5.74) is 2.29. The van der Waals surface area contributed by atoms with Crippen molar-refractivity contribution in [3.8, 4) is 0 Å². The number of benzene rings is 1. The number of halogens is 1. The molecule has 1 aromatic heterocycles. The number of carbonyl (C=O) groups excluding carboxylic acids is 2. The molecular formula is C15H13BrN2O2S. The zero-order valence-corrected chi connectivity index (χ0v) is 13.8. The summed E-state index contributed by atoms with van der Waals surface area (Å²) in [4.78, 5) is 26.6. The van der Waals surface area contributed by atoms with Crippen LogP contribution in [0.25, 0.3) is 0 Å². The third kappa shape index (κ3) is 3.01. The number of thiophene rings is 1. The standard InChI is InChI=1S/C15H13BrN2O2S/c1-18(7-12-6-11(16)8-21-12)15(20)10-3-2-9-5-14(19)17-13(9)4-10/h2-4,6,8H,5,7H2,1H3,(H,17,19). The first-order valence-corrected chi connectivity index (χ1v) is 8.11. The molecule has 4 nitrogen and oxygen atoms in total. The highest BCUT2D eigenvalue weighted by Crippen LogP contribution is 2.25. The molecule has 3 rings (SSSR count). The van der Waals surface area contributed by atoms with E-state index in [1.807, 2.05) is 17.5 Å². The van der Waals surface area contributed by atoms with Gasteiger partial charge in [-0.3, -0.25) is 9.59 Å². The first-order valence-electron chi connectivity index (χ1n) is 6.44. The maximum atomic E-state index is 12.4. The van der Waals surface area contributed by atoms with Gasteiger partial charge in [0.25, 0.3) is 5.91 Å². The second-order valence-corrected chi connectivity index (χ2v) is 6.90. The summed E-state index contributed by atoms with van der Waals surface area (Å²) < 4.78 is 1.03. The number of fused-ring (bicyclic) bond motifs is 1. The highest BCUT2D eigenvalue weighted by Gasteiger charge is 2.20. The van der Waals surface area contributed by atoms with E-state index < -0.39 is 0 Å². The third-order valence-corrected chi connectivity index (χ3v) is 5.03. The molecule has 108 valence electrons. The van der Waals surface area contributed by atoms with Gasteiger partial charge >= 0.3 is 0 Å². The molecule has 2 aromatic rings. The number of hydrogen-bond acceptors (Lipinski definition) is 3. The molecule has 0 unspecified atom stereocenters. The number of carbonyl (C=O) groups is 2. The second-order valence-electron chi connectivity index (χ2n) is 4.99. The fourth-order valence-electron chi connectivity index (χ4n) is 2.31. The van der Waals surface area contributed by atoms with Gasteiger partial charge in [0, 0.05) is 33.0 Å². The van der Waals surface area contributed by atoms with E-state index in [1.165, 1.54) is 0 Å². The predicted molar refractivity (Wildman–Crippen MR) is 86.6 cm³/mol. The summed E-state index contributed by atoms with van der Waals surface area (Å²) in [6.45, 7) is 0.568. The van der Waals surface area contributed by atoms with Crippen LogP contribution in [0.2, 0.25) is 0 Å². The lowest BCUT2D eigenvalue weighted by molar-refractivity contribution is -0.115.